The highest BCUT2D eigenvalue weighted by Gasteiger charge is 2.27. The van der Waals surface area contributed by atoms with Crippen LogP contribution >= 0.6 is 0 Å². The van der Waals surface area contributed by atoms with Gasteiger partial charge in [-0.25, -0.2) is 13.1 Å². The molecule has 1 saturated carbocycles. The maximum atomic E-state index is 13.5. The molecule has 1 heterocycles. The minimum atomic E-state index is -3.84. The van der Waals surface area contributed by atoms with E-state index in [4.69, 9.17) is 0 Å². The molecule has 0 aliphatic heterocycles. The number of hydrogen-bond donors (Lipinski definition) is 1. The van der Waals surface area contributed by atoms with Crippen LogP contribution < -0.4 is 9.62 Å². The van der Waals surface area contributed by atoms with E-state index in [1.165, 1.54) is 10.4 Å². The lowest BCUT2D eigenvalue weighted by Gasteiger charge is -2.24. The molecule has 7 nitrogen and oxygen atoms in total. The molecule has 0 atom stereocenters. The quantitative estimate of drug-likeness (QED) is 0.559. The van der Waals surface area contributed by atoms with Gasteiger partial charge in [0, 0.05) is 18.2 Å². The second kappa shape index (κ2) is 9.16. The minimum Gasteiger partial charge on any atom is -0.307 e. The first-order chi connectivity index (χ1) is 15.4. The molecule has 8 heteroatoms. The third kappa shape index (κ3) is 4.27. The van der Waals surface area contributed by atoms with Crippen molar-refractivity contribution in [3.05, 3.63) is 71.9 Å². The van der Waals surface area contributed by atoms with Crippen LogP contribution in [0, 0.1) is 6.92 Å². The normalized spacial score (nSPS) is 14.4. The topological polar surface area (TPSA) is 84.3 Å². The van der Waals surface area contributed by atoms with E-state index in [1.54, 1.807) is 62.5 Å². The molecule has 1 N–H and O–H groups in total. The van der Waals surface area contributed by atoms with Crippen molar-refractivity contribution in [2.24, 2.45) is 0 Å². The summed E-state index contributed by atoms with van der Waals surface area (Å²) in [4.78, 5) is 13.1. The van der Waals surface area contributed by atoms with Crippen molar-refractivity contribution in [3.63, 3.8) is 0 Å². The molecule has 32 heavy (non-hydrogen) atoms. The molecule has 4 rings (SSSR count). The van der Waals surface area contributed by atoms with Crippen LogP contribution in [-0.4, -0.2) is 30.7 Å². The third-order valence-corrected chi connectivity index (χ3v) is 7.98. The number of sulfonamides is 1. The zero-order valence-corrected chi connectivity index (χ0v) is 19.2. The number of carbonyl (C=O) groups excluding carboxylic acids is 1. The predicted molar refractivity (Wildman–Crippen MR) is 126 cm³/mol. The van der Waals surface area contributed by atoms with Crippen molar-refractivity contribution in [2.75, 3.05) is 16.2 Å². The van der Waals surface area contributed by atoms with Gasteiger partial charge < -0.3 is 5.32 Å². The maximum Gasteiger partial charge on any atom is 0.264 e. The molecule has 3 aromatic rings. The van der Waals surface area contributed by atoms with E-state index in [1.807, 2.05) is 10.7 Å². The Hall–Kier alpha value is -3.13. The summed E-state index contributed by atoms with van der Waals surface area (Å²) in [7, 11) is -3.84. The van der Waals surface area contributed by atoms with E-state index < -0.39 is 10.0 Å². The first-order valence-corrected chi connectivity index (χ1v) is 12.4. The number of rotatable bonds is 7. The van der Waals surface area contributed by atoms with Gasteiger partial charge in [-0.05, 0) is 56.5 Å². The van der Waals surface area contributed by atoms with Crippen molar-refractivity contribution in [1.82, 2.24) is 9.78 Å². The monoisotopic (exact) mass is 452 g/mol. The molecule has 0 unspecified atom stereocenters. The molecule has 0 spiro atoms. The number of para-hydroxylation sites is 1. The van der Waals surface area contributed by atoms with Crippen LogP contribution in [0.5, 0.6) is 0 Å². The average Bonchev–Trinajstić information content (AvgIpc) is 3.47. The van der Waals surface area contributed by atoms with Gasteiger partial charge in [0.15, 0.2) is 0 Å². The second-order valence-corrected chi connectivity index (χ2v) is 9.87. The largest absolute Gasteiger partial charge is 0.307 e. The average molecular weight is 453 g/mol. The van der Waals surface area contributed by atoms with Gasteiger partial charge in [-0.1, -0.05) is 37.1 Å². The third-order valence-electron chi connectivity index (χ3n) is 5.93. The number of benzene rings is 2. The SMILES string of the molecule is CCN(c1ccccc1)S(=O)(=O)c1cc(C(=O)Nc2ccnn2C2CCCC2)ccc1C. The number of hydrogen-bond acceptors (Lipinski definition) is 4. The molecular weight excluding hydrogens is 424 g/mol. The van der Waals surface area contributed by atoms with Crippen LogP contribution in [0.3, 0.4) is 0 Å². The van der Waals surface area contributed by atoms with Crippen LogP contribution in [0.25, 0.3) is 0 Å². The molecule has 2 aromatic carbocycles. The van der Waals surface area contributed by atoms with E-state index >= 15 is 0 Å². The Morgan fingerprint density at radius 2 is 1.84 bits per heavy atom. The van der Waals surface area contributed by atoms with Crippen LogP contribution in [-0.2, 0) is 10.0 Å². The summed E-state index contributed by atoms with van der Waals surface area (Å²) >= 11 is 0. The van der Waals surface area contributed by atoms with E-state index in [9.17, 15) is 13.2 Å². The fourth-order valence-electron chi connectivity index (χ4n) is 4.27. The standard InChI is InChI=1S/C24H28N4O3S/c1-3-27(20-9-5-4-6-10-20)32(30,31)22-17-19(14-13-18(22)2)24(29)26-23-15-16-25-28(23)21-11-7-8-12-21/h4-6,9-10,13-17,21H,3,7-8,11-12H2,1-2H3,(H,26,29). The molecule has 0 radical (unpaired) electrons. The smallest absolute Gasteiger partial charge is 0.264 e. The van der Waals surface area contributed by atoms with Crippen molar-refractivity contribution in [3.8, 4) is 0 Å². The summed E-state index contributed by atoms with van der Waals surface area (Å²) in [6.07, 6.45) is 6.09. The molecule has 1 aromatic heterocycles. The Kier molecular flexibility index (Phi) is 6.32. The molecule has 1 amide bonds. The van der Waals surface area contributed by atoms with Gasteiger partial charge >= 0.3 is 0 Å². The summed E-state index contributed by atoms with van der Waals surface area (Å²) in [5.41, 5.74) is 1.47. The van der Waals surface area contributed by atoms with Crippen molar-refractivity contribution < 1.29 is 13.2 Å². The van der Waals surface area contributed by atoms with Gasteiger partial charge in [-0.15, -0.1) is 0 Å². The second-order valence-electron chi connectivity index (χ2n) is 8.04. The number of amides is 1. The Labute approximate surface area is 189 Å². The highest BCUT2D eigenvalue weighted by molar-refractivity contribution is 7.92. The molecule has 0 saturated heterocycles. The van der Waals surface area contributed by atoms with Gasteiger partial charge in [0.1, 0.15) is 5.82 Å². The molecule has 168 valence electrons. The lowest BCUT2D eigenvalue weighted by Crippen LogP contribution is -2.31. The van der Waals surface area contributed by atoms with Crippen molar-refractivity contribution in [2.45, 2.75) is 50.5 Å². The Balaban J connectivity index is 1.63. The maximum absolute atomic E-state index is 13.5. The lowest BCUT2D eigenvalue weighted by atomic mass is 10.1. The fraction of sp³-hybridized carbons (Fsp3) is 0.333. The summed E-state index contributed by atoms with van der Waals surface area (Å²) in [5, 5.41) is 7.29. The molecule has 0 bridgehead atoms. The summed E-state index contributed by atoms with van der Waals surface area (Å²) in [6, 6.07) is 15.8. The number of aromatic nitrogens is 2. The van der Waals surface area contributed by atoms with Gasteiger partial charge in [0.2, 0.25) is 0 Å². The van der Waals surface area contributed by atoms with Crippen LogP contribution in [0.4, 0.5) is 11.5 Å². The van der Waals surface area contributed by atoms with Crippen LogP contribution in [0.1, 0.15) is 54.6 Å². The van der Waals surface area contributed by atoms with E-state index in [-0.39, 0.29) is 22.9 Å². The van der Waals surface area contributed by atoms with Gasteiger partial charge in [-0.3, -0.25) is 9.10 Å². The lowest BCUT2D eigenvalue weighted by molar-refractivity contribution is 0.102. The van der Waals surface area contributed by atoms with E-state index in [2.05, 4.69) is 10.4 Å². The van der Waals surface area contributed by atoms with Crippen LogP contribution in [0.2, 0.25) is 0 Å². The van der Waals surface area contributed by atoms with Gasteiger partial charge in [0.25, 0.3) is 15.9 Å². The summed E-state index contributed by atoms with van der Waals surface area (Å²) in [5.74, 6) is 0.273. The zero-order valence-electron chi connectivity index (χ0n) is 18.4. The molecule has 1 aliphatic carbocycles. The highest BCUT2D eigenvalue weighted by atomic mass is 32.2. The van der Waals surface area contributed by atoms with Crippen molar-refractivity contribution >= 4 is 27.4 Å². The van der Waals surface area contributed by atoms with E-state index in [0.717, 1.165) is 25.7 Å². The molecular formula is C24H28N4O3S. The summed E-state index contributed by atoms with van der Waals surface area (Å²) in [6.45, 7) is 3.81. The Bertz CT molecular complexity index is 1200. The van der Waals surface area contributed by atoms with Gasteiger partial charge in [-0.2, -0.15) is 5.10 Å². The minimum absolute atomic E-state index is 0.125. The first-order valence-electron chi connectivity index (χ1n) is 10.9. The zero-order chi connectivity index (χ0) is 22.7. The number of nitrogens with zero attached hydrogens (tertiary/aromatic N) is 3. The van der Waals surface area contributed by atoms with E-state index in [0.29, 0.717) is 23.1 Å². The van der Waals surface area contributed by atoms with Crippen molar-refractivity contribution in [1.29, 1.82) is 0 Å². The predicted octanol–water partition coefficient (Wildman–Crippen LogP) is 4.77. The molecule has 1 fully saturated rings. The Morgan fingerprint density at radius 1 is 1.12 bits per heavy atom. The number of carbonyl (C=O) groups is 1. The molecule has 1 aliphatic rings. The van der Waals surface area contributed by atoms with Crippen LogP contribution in [0.15, 0.2) is 65.7 Å². The van der Waals surface area contributed by atoms with Gasteiger partial charge in [0.05, 0.1) is 22.8 Å². The summed E-state index contributed by atoms with van der Waals surface area (Å²) < 4.78 is 30.2. The number of anilines is 2. The first kappa shape index (κ1) is 22.1. The number of aryl methyl sites for hydroxylation is 1. The Morgan fingerprint density at radius 3 is 2.53 bits per heavy atom. The fourth-order valence-corrected chi connectivity index (χ4v) is 5.99. The highest BCUT2D eigenvalue weighted by Crippen LogP contribution is 2.31. The number of nitrogens with one attached hydrogen (secondary N) is 1.